The third-order valence-corrected chi connectivity index (χ3v) is 5.57. The van der Waals surface area contributed by atoms with E-state index in [1.165, 1.54) is 22.0 Å². The quantitative estimate of drug-likeness (QED) is 0.802. The molecule has 1 fully saturated rings. The number of benzene rings is 1. The fraction of sp³-hybridized carbons (Fsp3) is 0.550. The summed E-state index contributed by atoms with van der Waals surface area (Å²) in [7, 11) is 2.06. The number of rotatable bonds is 3. The highest BCUT2D eigenvalue weighted by Crippen LogP contribution is 2.44. The molecule has 0 radical (unpaired) electrons. The first kappa shape index (κ1) is 18.0. The third-order valence-electron chi connectivity index (χ3n) is 5.57. The molecule has 1 unspecified atom stereocenters. The van der Waals surface area contributed by atoms with Crippen LogP contribution in [0.15, 0.2) is 24.4 Å². The number of nitrogens with one attached hydrogen (secondary N) is 2. The molecular formula is C20H29N3O2. The summed E-state index contributed by atoms with van der Waals surface area (Å²) in [5, 5.41) is 13.8. The molecule has 0 spiro atoms. The number of hydrogen-bond acceptors (Lipinski definition) is 3. The lowest BCUT2D eigenvalue weighted by molar-refractivity contribution is -0.144. The van der Waals surface area contributed by atoms with Crippen molar-refractivity contribution in [1.29, 1.82) is 0 Å². The second kappa shape index (κ2) is 7.58. The van der Waals surface area contributed by atoms with Crippen LogP contribution in [-0.4, -0.2) is 53.7 Å². The molecule has 2 aliphatic rings. The minimum absolute atomic E-state index is 0.253. The third kappa shape index (κ3) is 3.44. The Labute approximate surface area is 149 Å². The van der Waals surface area contributed by atoms with E-state index in [0.717, 1.165) is 25.9 Å². The zero-order valence-electron chi connectivity index (χ0n) is 15.4. The Balaban J connectivity index is 0.000000324. The van der Waals surface area contributed by atoms with Crippen molar-refractivity contribution >= 4 is 16.9 Å². The van der Waals surface area contributed by atoms with Gasteiger partial charge in [-0.15, -0.1) is 0 Å². The van der Waals surface area contributed by atoms with Crippen LogP contribution in [0.4, 0.5) is 0 Å². The van der Waals surface area contributed by atoms with Gasteiger partial charge in [0.05, 0.1) is 5.92 Å². The summed E-state index contributed by atoms with van der Waals surface area (Å²) in [5.74, 6) is -0.582. The first-order valence-corrected chi connectivity index (χ1v) is 9.29. The van der Waals surface area contributed by atoms with Gasteiger partial charge in [0.15, 0.2) is 0 Å². The molecule has 4 rings (SSSR count). The van der Waals surface area contributed by atoms with E-state index in [9.17, 15) is 9.90 Å². The van der Waals surface area contributed by atoms with Gasteiger partial charge in [-0.3, -0.25) is 4.79 Å². The number of aromatic amines is 1. The lowest BCUT2D eigenvalue weighted by atomic mass is 9.72. The SMILES string of the molecule is CCNCC.CN1C[C@@H](C(=O)O)CC2c3cccc4[nH]cc(c34)C[C@H]21. The van der Waals surface area contributed by atoms with Crippen LogP contribution in [0.2, 0.25) is 0 Å². The second-order valence-electron chi connectivity index (χ2n) is 7.13. The van der Waals surface area contributed by atoms with Crippen LogP contribution in [0.3, 0.4) is 0 Å². The molecule has 1 aliphatic heterocycles. The molecule has 3 N–H and O–H groups in total. The number of likely N-dealkylation sites (N-methyl/N-ethyl adjacent to an activating group) is 1. The number of carbonyl (C=O) groups is 1. The minimum Gasteiger partial charge on any atom is -0.481 e. The van der Waals surface area contributed by atoms with Crippen LogP contribution in [0, 0.1) is 5.92 Å². The summed E-state index contributed by atoms with van der Waals surface area (Å²) < 4.78 is 0. The van der Waals surface area contributed by atoms with Gasteiger partial charge in [0.1, 0.15) is 0 Å². The smallest absolute Gasteiger partial charge is 0.307 e. The van der Waals surface area contributed by atoms with E-state index in [4.69, 9.17) is 0 Å². The van der Waals surface area contributed by atoms with Crippen molar-refractivity contribution in [2.75, 3.05) is 26.7 Å². The second-order valence-corrected chi connectivity index (χ2v) is 7.13. The van der Waals surface area contributed by atoms with E-state index in [-0.39, 0.29) is 5.92 Å². The molecule has 2 heterocycles. The van der Waals surface area contributed by atoms with Crippen LogP contribution < -0.4 is 5.32 Å². The topological polar surface area (TPSA) is 68.4 Å². The fourth-order valence-electron chi connectivity index (χ4n) is 4.37. The van der Waals surface area contributed by atoms with E-state index in [1.807, 2.05) is 0 Å². The molecule has 2 aromatic rings. The lowest BCUT2D eigenvalue weighted by Gasteiger charge is -2.44. The summed E-state index contributed by atoms with van der Waals surface area (Å²) in [6.07, 6.45) is 3.89. The van der Waals surface area contributed by atoms with Crippen molar-refractivity contribution in [3.05, 3.63) is 35.5 Å². The molecule has 25 heavy (non-hydrogen) atoms. The Hall–Kier alpha value is -1.85. The van der Waals surface area contributed by atoms with E-state index >= 15 is 0 Å². The highest BCUT2D eigenvalue weighted by molar-refractivity contribution is 5.88. The molecule has 3 atom stereocenters. The first-order chi connectivity index (χ1) is 12.1. The van der Waals surface area contributed by atoms with Gasteiger partial charge in [0.2, 0.25) is 0 Å². The van der Waals surface area contributed by atoms with Crippen molar-refractivity contribution in [1.82, 2.24) is 15.2 Å². The largest absolute Gasteiger partial charge is 0.481 e. The standard InChI is InChI=1S/C16H18N2O2.C4H11N/c1-18-8-10(16(19)20)5-12-11-3-2-4-13-15(11)9(7-17-13)6-14(12)18;1-3-5-4-2/h2-4,7,10,12,14,17H,5-6,8H2,1H3,(H,19,20);5H,3-4H2,1-2H3/t10-,12?,14+;/m0./s1. The Kier molecular flexibility index (Phi) is 5.45. The molecule has 1 aliphatic carbocycles. The Morgan fingerprint density at radius 2 is 2.12 bits per heavy atom. The number of piperidine rings is 1. The van der Waals surface area contributed by atoms with E-state index < -0.39 is 5.97 Å². The molecule has 5 nitrogen and oxygen atoms in total. The summed E-state index contributed by atoms with van der Waals surface area (Å²) in [5.41, 5.74) is 3.88. The van der Waals surface area contributed by atoms with Gasteiger partial charge in [-0.05, 0) is 50.2 Å². The number of aliphatic carboxylic acids is 1. The molecular weight excluding hydrogens is 314 g/mol. The van der Waals surface area contributed by atoms with Crippen molar-refractivity contribution in [2.45, 2.75) is 38.6 Å². The monoisotopic (exact) mass is 343 g/mol. The van der Waals surface area contributed by atoms with Gasteiger partial charge in [0.25, 0.3) is 0 Å². The van der Waals surface area contributed by atoms with Gasteiger partial charge >= 0.3 is 5.97 Å². The maximum Gasteiger partial charge on any atom is 0.307 e. The van der Waals surface area contributed by atoms with Crippen LogP contribution in [0.1, 0.15) is 37.3 Å². The zero-order valence-corrected chi connectivity index (χ0v) is 15.4. The molecule has 0 amide bonds. The van der Waals surface area contributed by atoms with E-state index in [1.54, 1.807) is 0 Å². The average molecular weight is 343 g/mol. The maximum atomic E-state index is 11.4. The number of H-pyrrole nitrogens is 1. The van der Waals surface area contributed by atoms with Crippen LogP contribution in [0.5, 0.6) is 0 Å². The number of nitrogens with zero attached hydrogens (tertiary/aromatic N) is 1. The van der Waals surface area contributed by atoms with Gasteiger partial charge in [-0.1, -0.05) is 26.0 Å². The van der Waals surface area contributed by atoms with Gasteiger partial charge in [-0.2, -0.15) is 0 Å². The normalized spacial score (nSPS) is 25.2. The van der Waals surface area contributed by atoms with Crippen molar-refractivity contribution in [3.8, 4) is 0 Å². The number of likely N-dealkylation sites (tertiary alicyclic amines) is 1. The molecule has 1 aromatic carbocycles. The van der Waals surface area contributed by atoms with Crippen LogP contribution in [0.25, 0.3) is 10.9 Å². The number of fused-ring (bicyclic) bond motifs is 2. The first-order valence-electron chi connectivity index (χ1n) is 9.29. The van der Waals surface area contributed by atoms with Crippen LogP contribution >= 0.6 is 0 Å². The van der Waals surface area contributed by atoms with E-state index in [2.05, 4.69) is 60.5 Å². The zero-order chi connectivity index (χ0) is 18.0. The predicted octanol–water partition coefficient (Wildman–Crippen LogP) is 2.83. The Bertz CT molecular complexity index is 738. The number of carboxylic acid groups (broad SMARTS) is 1. The van der Waals surface area contributed by atoms with Gasteiger partial charge in [0, 0.05) is 35.6 Å². The molecule has 136 valence electrons. The molecule has 1 saturated heterocycles. The highest BCUT2D eigenvalue weighted by Gasteiger charge is 2.41. The molecule has 0 saturated carbocycles. The average Bonchev–Trinajstić information content (AvgIpc) is 3.01. The summed E-state index contributed by atoms with van der Waals surface area (Å²) in [6.45, 7) is 7.05. The summed E-state index contributed by atoms with van der Waals surface area (Å²) in [4.78, 5) is 17.0. The maximum absolute atomic E-state index is 11.4. The van der Waals surface area contributed by atoms with Crippen LogP contribution in [-0.2, 0) is 11.2 Å². The molecule has 1 aromatic heterocycles. The van der Waals surface area contributed by atoms with Crippen molar-refractivity contribution in [3.63, 3.8) is 0 Å². The van der Waals surface area contributed by atoms with Gasteiger partial charge in [-0.25, -0.2) is 0 Å². The van der Waals surface area contributed by atoms with E-state index in [0.29, 0.717) is 18.5 Å². The summed E-state index contributed by atoms with van der Waals surface area (Å²) in [6, 6.07) is 6.78. The molecule has 5 heteroatoms. The predicted molar refractivity (Wildman–Crippen MR) is 101 cm³/mol. The Morgan fingerprint density at radius 3 is 2.76 bits per heavy atom. The highest BCUT2D eigenvalue weighted by atomic mass is 16.4. The Morgan fingerprint density at radius 1 is 1.36 bits per heavy atom. The lowest BCUT2D eigenvalue weighted by Crippen LogP contribution is -2.49. The minimum atomic E-state index is -0.664. The number of aromatic nitrogens is 1. The van der Waals surface area contributed by atoms with Crippen molar-refractivity contribution in [2.24, 2.45) is 5.92 Å². The number of hydrogen-bond donors (Lipinski definition) is 3. The number of carboxylic acids is 1. The van der Waals surface area contributed by atoms with Gasteiger partial charge < -0.3 is 20.3 Å². The van der Waals surface area contributed by atoms with Crippen molar-refractivity contribution < 1.29 is 9.90 Å². The molecule has 0 bridgehead atoms. The summed E-state index contributed by atoms with van der Waals surface area (Å²) >= 11 is 0. The fourth-order valence-corrected chi connectivity index (χ4v) is 4.37.